The zero-order valence-electron chi connectivity index (χ0n) is 18.9. The maximum atomic E-state index is 13.2. The Hall–Kier alpha value is -3.96. The van der Waals surface area contributed by atoms with Crippen LogP contribution in [0.1, 0.15) is 23.3 Å². The minimum absolute atomic E-state index is 0.0182. The maximum Gasteiger partial charge on any atom is 0.261 e. The number of aromatic nitrogens is 5. The van der Waals surface area contributed by atoms with E-state index in [0.29, 0.717) is 46.6 Å². The van der Waals surface area contributed by atoms with Gasteiger partial charge in [-0.25, -0.2) is 9.50 Å². The van der Waals surface area contributed by atoms with Crippen LogP contribution in [0.3, 0.4) is 0 Å². The molecule has 2 amide bonds. The molecule has 11 nitrogen and oxygen atoms in total. The first kappa shape index (κ1) is 22.8. The lowest BCUT2D eigenvalue weighted by Crippen LogP contribution is -2.50. The Morgan fingerprint density at radius 1 is 1.31 bits per heavy atom. The van der Waals surface area contributed by atoms with Crippen LogP contribution in [0.2, 0.25) is 5.02 Å². The third-order valence-electron chi connectivity index (χ3n) is 5.68. The predicted octanol–water partition coefficient (Wildman–Crippen LogP) is 2.58. The lowest BCUT2D eigenvalue weighted by atomic mass is 10.1. The summed E-state index contributed by atoms with van der Waals surface area (Å²) in [6.07, 6.45) is 6.33. The molecule has 0 aliphatic carbocycles. The van der Waals surface area contributed by atoms with Gasteiger partial charge in [0.15, 0.2) is 5.65 Å². The monoisotopic (exact) mass is 495 g/mol. The molecular weight excluding hydrogens is 474 g/mol. The zero-order chi connectivity index (χ0) is 24.5. The minimum atomic E-state index is -0.649. The van der Waals surface area contributed by atoms with Crippen molar-refractivity contribution in [2.45, 2.75) is 19.0 Å². The summed E-state index contributed by atoms with van der Waals surface area (Å²) in [7, 11) is 1.53. The summed E-state index contributed by atoms with van der Waals surface area (Å²) in [5.41, 5.74) is 2.03. The van der Waals surface area contributed by atoms with Gasteiger partial charge in [-0.1, -0.05) is 11.6 Å². The van der Waals surface area contributed by atoms with Crippen molar-refractivity contribution in [1.29, 1.82) is 0 Å². The van der Waals surface area contributed by atoms with Crippen LogP contribution in [0.5, 0.6) is 5.75 Å². The third kappa shape index (κ3) is 4.43. The number of halogens is 1. The van der Waals surface area contributed by atoms with E-state index in [1.807, 2.05) is 0 Å². The van der Waals surface area contributed by atoms with E-state index in [4.69, 9.17) is 21.1 Å². The Morgan fingerprint density at radius 3 is 2.89 bits per heavy atom. The van der Waals surface area contributed by atoms with E-state index in [9.17, 15) is 9.59 Å². The molecule has 1 aliphatic rings. The molecular formula is C23H22ClN7O4. The fourth-order valence-electron chi connectivity index (χ4n) is 3.68. The molecule has 4 aromatic rings. The highest BCUT2D eigenvalue weighted by Crippen LogP contribution is 2.36. The quantitative estimate of drug-likeness (QED) is 0.403. The molecule has 1 aromatic carbocycles. The number of hydrogen-bond donors (Lipinski definition) is 2. The Morgan fingerprint density at radius 2 is 2.14 bits per heavy atom. The van der Waals surface area contributed by atoms with Gasteiger partial charge in [-0.05, 0) is 31.2 Å². The van der Waals surface area contributed by atoms with Gasteiger partial charge in [0.1, 0.15) is 23.0 Å². The van der Waals surface area contributed by atoms with Crippen LogP contribution >= 0.6 is 11.6 Å². The first-order chi connectivity index (χ1) is 16.9. The summed E-state index contributed by atoms with van der Waals surface area (Å²) in [6.45, 7) is 2.69. The minimum Gasteiger partial charge on any atom is -0.496 e. The third-order valence-corrected chi connectivity index (χ3v) is 5.92. The normalized spacial score (nSPS) is 14.4. The van der Waals surface area contributed by atoms with Crippen LogP contribution < -0.4 is 15.4 Å². The topological polar surface area (TPSA) is 125 Å². The number of benzene rings is 1. The van der Waals surface area contributed by atoms with Gasteiger partial charge < -0.3 is 20.1 Å². The maximum absolute atomic E-state index is 13.2. The second kappa shape index (κ2) is 9.35. The van der Waals surface area contributed by atoms with Crippen LogP contribution in [0.4, 0.5) is 5.69 Å². The molecule has 1 atom stereocenters. The van der Waals surface area contributed by atoms with Crippen LogP contribution in [-0.2, 0) is 9.53 Å². The smallest absolute Gasteiger partial charge is 0.261 e. The van der Waals surface area contributed by atoms with Gasteiger partial charge in [-0.3, -0.25) is 14.3 Å². The number of nitrogens with zero attached hydrogens (tertiary/aromatic N) is 5. The number of carbonyl (C=O) groups excluding carboxylic acids is 2. The van der Waals surface area contributed by atoms with Gasteiger partial charge in [0.2, 0.25) is 5.91 Å². The van der Waals surface area contributed by atoms with Crippen molar-refractivity contribution in [3.63, 3.8) is 0 Å². The molecule has 0 spiro atoms. The number of methoxy groups -OCH3 is 1. The van der Waals surface area contributed by atoms with Gasteiger partial charge in [0.05, 0.1) is 44.4 Å². The van der Waals surface area contributed by atoms with E-state index >= 15 is 0 Å². The average Bonchev–Trinajstić information content (AvgIpc) is 3.45. The molecule has 1 fully saturated rings. The second-order valence-electron chi connectivity index (χ2n) is 8.04. The molecule has 12 heteroatoms. The van der Waals surface area contributed by atoms with Crippen molar-refractivity contribution in [3.05, 3.63) is 59.6 Å². The first-order valence-electron chi connectivity index (χ1n) is 10.9. The lowest BCUT2D eigenvalue weighted by Gasteiger charge is -2.28. The van der Waals surface area contributed by atoms with Gasteiger partial charge in [0.25, 0.3) is 5.91 Å². The Bertz CT molecular complexity index is 1410. The SMILES string of the molecule is COc1ccc(Cl)cc1-c1nn(C(C)C(=O)NC2COC2)cc1NC(=O)c1cnn2cccnc12. The summed E-state index contributed by atoms with van der Waals surface area (Å²) in [4.78, 5) is 30.2. The first-order valence-corrected chi connectivity index (χ1v) is 11.2. The number of ether oxygens (including phenoxy) is 2. The largest absolute Gasteiger partial charge is 0.496 e. The van der Waals surface area contributed by atoms with Crippen molar-refractivity contribution in [2.75, 3.05) is 25.6 Å². The van der Waals surface area contributed by atoms with Crippen LogP contribution in [0, 0.1) is 0 Å². The molecule has 4 heterocycles. The summed E-state index contributed by atoms with van der Waals surface area (Å²) in [6, 6.07) is 6.15. The van der Waals surface area contributed by atoms with E-state index in [-0.39, 0.29) is 17.5 Å². The van der Waals surface area contributed by atoms with E-state index in [1.165, 1.54) is 22.5 Å². The van der Waals surface area contributed by atoms with Crippen LogP contribution in [0.25, 0.3) is 16.9 Å². The van der Waals surface area contributed by atoms with Gasteiger partial charge in [-0.2, -0.15) is 10.2 Å². The second-order valence-corrected chi connectivity index (χ2v) is 8.47. The van der Waals surface area contributed by atoms with Gasteiger partial charge in [-0.15, -0.1) is 0 Å². The highest BCUT2D eigenvalue weighted by atomic mass is 35.5. The van der Waals surface area contributed by atoms with Crippen molar-refractivity contribution >= 4 is 34.7 Å². The molecule has 1 unspecified atom stereocenters. The highest BCUT2D eigenvalue weighted by Gasteiger charge is 2.27. The van der Waals surface area contributed by atoms with Crippen molar-refractivity contribution in [3.8, 4) is 17.0 Å². The van der Waals surface area contributed by atoms with Crippen molar-refractivity contribution in [1.82, 2.24) is 29.7 Å². The summed E-state index contributed by atoms with van der Waals surface area (Å²) < 4.78 is 13.6. The summed E-state index contributed by atoms with van der Waals surface area (Å²) in [5, 5.41) is 15.1. The van der Waals surface area contributed by atoms with E-state index < -0.39 is 11.9 Å². The molecule has 35 heavy (non-hydrogen) atoms. The highest BCUT2D eigenvalue weighted by molar-refractivity contribution is 6.31. The molecule has 180 valence electrons. The number of anilines is 1. The number of fused-ring (bicyclic) bond motifs is 1. The molecule has 0 radical (unpaired) electrons. The number of nitrogens with one attached hydrogen (secondary N) is 2. The van der Waals surface area contributed by atoms with Gasteiger partial charge in [0, 0.05) is 23.0 Å². The van der Waals surface area contributed by atoms with Gasteiger partial charge >= 0.3 is 0 Å². The molecule has 3 aromatic heterocycles. The van der Waals surface area contributed by atoms with Crippen LogP contribution in [-0.4, -0.2) is 62.6 Å². The Balaban J connectivity index is 1.52. The lowest BCUT2D eigenvalue weighted by molar-refractivity contribution is -0.128. The summed E-state index contributed by atoms with van der Waals surface area (Å²) in [5.74, 6) is -0.129. The van der Waals surface area contributed by atoms with Crippen molar-refractivity contribution in [2.24, 2.45) is 0 Å². The predicted molar refractivity (Wildman–Crippen MR) is 128 cm³/mol. The van der Waals surface area contributed by atoms with E-state index in [1.54, 1.807) is 49.8 Å². The molecule has 5 rings (SSSR count). The molecule has 2 N–H and O–H groups in total. The number of carbonyl (C=O) groups is 2. The molecule has 0 bridgehead atoms. The Kier molecular flexibility index (Phi) is 6.10. The van der Waals surface area contributed by atoms with E-state index in [2.05, 4.69) is 25.8 Å². The molecule has 1 aliphatic heterocycles. The molecule has 0 saturated carbocycles. The molecule has 1 saturated heterocycles. The summed E-state index contributed by atoms with van der Waals surface area (Å²) >= 11 is 6.26. The standard InChI is InChI=1S/C23H22ClN7O4/c1-13(22(32)27-15-11-35-12-15)31-10-18(20(29-31)16-8-14(24)4-5-19(16)34-2)28-23(33)17-9-26-30-7-3-6-25-21(17)30/h3-10,13,15H,11-12H2,1-2H3,(H,27,32)(H,28,33). The fraction of sp³-hybridized carbons (Fsp3) is 0.261. The Labute approximate surface area is 205 Å². The fourth-order valence-corrected chi connectivity index (χ4v) is 3.86. The number of rotatable bonds is 7. The average molecular weight is 496 g/mol. The zero-order valence-corrected chi connectivity index (χ0v) is 19.7. The van der Waals surface area contributed by atoms with E-state index in [0.717, 1.165) is 0 Å². The number of amides is 2. The van der Waals surface area contributed by atoms with Crippen LogP contribution in [0.15, 0.2) is 49.1 Å². The number of hydrogen-bond acceptors (Lipinski definition) is 7. The van der Waals surface area contributed by atoms with Crippen molar-refractivity contribution < 1.29 is 19.1 Å².